The molecule has 2 aromatic carbocycles. The first-order valence-corrected chi connectivity index (χ1v) is 18.0. The number of benzene rings is 2. The number of aryl methyl sites for hydroxylation is 1. The fourth-order valence-electron chi connectivity index (χ4n) is 5.59. The maximum atomic E-state index is 6.41. The zero-order valence-corrected chi connectivity index (χ0v) is 28.3. The lowest BCUT2D eigenvalue weighted by Gasteiger charge is -2.13. The fourth-order valence-corrected chi connectivity index (χ4v) is 5.79. The Morgan fingerprint density at radius 2 is 1.26 bits per heavy atom. The van der Waals surface area contributed by atoms with Crippen molar-refractivity contribution in [2.24, 2.45) is 5.92 Å². The summed E-state index contributed by atoms with van der Waals surface area (Å²) in [4.78, 5) is 0.866. The third kappa shape index (κ3) is 17.9. The van der Waals surface area contributed by atoms with E-state index in [9.17, 15) is 0 Å². The smallest absolute Gasteiger partial charge is 0.123 e. The van der Waals surface area contributed by atoms with Gasteiger partial charge in [0.1, 0.15) is 5.75 Å². The summed E-state index contributed by atoms with van der Waals surface area (Å²) < 4.78 is 6.41. The van der Waals surface area contributed by atoms with Crippen LogP contribution in [0.25, 0.3) is 6.08 Å². The Kier molecular flexibility index (Phi) is 21.2. The van der Waals surface area contributed by atoms with Crippen molar-refractivity contribution in [2.75, 3.05) is 6.61 Å². The van der Waals surface area contributed by atoms with E-state index in [2.05, 4.69) is 57.2 Å². The number of allylic oxidation sites excluding steroid dienone is 1. The number of unbranched alkanes of at least 4 members (excludes halogenated alkanes) is 16. The van der Waals surface area contributed by atoms with E-state index in [1.165, 1.54) is 121 Å². The zero-order chi connectivity index (χ0) is 30.1. The topological polar surface area (TPSA) is 9.23 Å². The van der Waals surface area contributed by atoms with Crippen molar-refractivity contribution in [1.82, 2.24) is 0 Å². The van der Waals surface area contributed by atoms with Gasteiger partial charge in [0.2, 0.25) is 0 Å². The lowest BCUT2D eigenvalue weighted by Crippen LogP contribution is -2.01. The maximum absolute atomic E-state index is 6.41. The minimum Gasteiger partial charge on any atom is -0.493 e. The van der Waals surface area contributed by atoms with Gasteiger partial charge in [0.15, 0.2) is 0 Å². The molecule has 0 spiro atoms. The Labute approximate surface area is 265 Å². The predicted octanol–water partition coefficient (Wildman–Crippen LogP) is 13.1. The van der Waals surface area contributed by atoms with Crippen molar-refractivity contribution in [3.05, 3.63) is 71.3 Å². The minimum atomic E-state index is 0.798. The SMILES string of the molecule is CCCCCCCCCCCCCCCCCOc1cc(C=CC(=S)c2ccccc2)ccc1CCCCCC(C)C. The average molecular weight is 591 g/mol. The predicted molar refractivity (Wildman–Crippen MR) is 191 cm³/mol. The Morgan fingerprint density at radius 1 is 0.690 bits per heavy atom. The number of ether oxygens (including phenoxy) is 1. The van der Waals surface area contributed by atoms with Crippen molar-refractivity contribution >= 4 is 23.2 Å². The molecule has 0 aliphatic carbocycles. The van der Waals surface area contributed by atoms with Crippen LogP contribution in [-0.2, 0) is 6.42 Å². The van der Waals surface area contributed by atoms with Gasteiger partial charge in [0, 0.05) is 4.86 Å². The van der Waals surface area contributed by atoms with Gasteiger partial charge in [0.05, 0.1) is 6.61 Å². The van der Waals surface area contributed by atoms with Crippen LogP contribution in [-0.4, -0.2) is 11.5 Å². The molecule has 0 aromatic heterocycles. The van der Waals surface area contributed by atoms with Crippen LogP contribution < -0.4 is 4.74 Å². The third-order valence-corrected chi connectivity index (χ3v) is 8.68. The van der Waals surface area contributed by atoms with Crippen LogP contribution >= 0.6 is 12.2 Å². The second-order valence-corrected chi connectivity index (χ2v) is 13.2. The average Bonchev–Trinajstić information content (AvgIpc) is 3.00. The molecular formula is C40H62OS. The summed E-state index contributed by atoms with van der Waals surface area (Å²) in [5.41, 5.74) is 3.60. The van der Waals surface area contributed by atoms with Crippen LogP contribution in [0.5, 0.6) is 5.75 Å². The van der Waals surface area contributed by atoms with Crippen molar-refractivity contribution in [3.8, 4) is 5.75 Å². The molecule has 0 saturated heterocycles. The maximum Gasteiger partial charge on any atom is 0.123 e. The molecule has 0 atom stereocenters. The highest BCUT2D eigenvalue weighted by Crippen LogP contribution is 2.25. The van der Waals surface area contributed by atoms with Gasteiger partial charge in [0.25, 0.3) is 0 Å². The zero-order valence-electron chi connectivity index (χ0n) is 27.5. The molecule has 2 heteroatoms. The highest BCUT2D eigenvalue weighted by molar-refractivity contribution is 7.81. The molecule has 42 heavy (non-hydrogen) atoms. The normalized spacial score (nSPS) is 11.5. The second kappa shape index (κ2) is 24.5. The standard InChI is InChI=1S/C40H62OS/c1-4-5-6-7-8-9-10-11-12-13-14-15-16-17-24-33-41-39-34-36(30-32-40(42)38-27-22-19-23-28-38)29-31-37(39)26-21-18-20-25-35(2)3/h19,22-23,27-32,34-35H,4-18,20-21,24-26,33H2,1-3H3. The van der Waals surface area contributed by atoms with Crippen molar-refractivity contribution < 1.29 is 4.74 Å². The van der Waals surface area contributed by atoms with Crippen LogP contribution in [0.3, 0.4) is 0 Å². The molecule has 0 aliphatic rings. The summed E-state index contributed by atoms with van der Waals surface area (Å²) in [5, 5.41) is 0. The molecule has 0 fully saturated rings. The minimum absolute atomic E-state index is 0.798. The quantitative estimate of drug-likeness (QED) is 0.0466. The highest BCUT2D eigenvalue weighted by atomic mass is 32.1. The first-order valence-electron chi connectivity index (χ1n) is 17.6. The molecule has 2 rings (SSSR count). The molecule has 0 saturated carbocycles. The molecule has 1 nitrogen and oxygen atoms in total. The van der Waals surface area contributed by atoms with E-state index in [0.29, 0.717) is 0 Å². The first kappa shape index (κ1) is 36.3. The number of hydrogen-bond acceptors (Lipinski definition) is 2. The van der Waals surface area contributed by atoms with Gasteiger partial charge in [-0.1, -0.05) is 191 Å². The summed E-state index contributed by atoms with van der Waals surface area (Å²) in [6, 6.07) is 17.0. The molecule has 0 radical (unpaired) electrons. The van der Waals surface area contributed by atoms with Gasteiger partial charge in [-0.2, -0.15) is 0 Å². The van der Waals surface area contributed by atoms with Crippen molar-refractivity contribution in [3.63, 3.8) is 0 Å². The van der Waals surface area contributed by atoms with Crippen LogP contribution in [0.15, 0.2) is 54.6 Å². The summed E-state index contributed by atoms with van der Waals surface area (Å²) >= 11 is 5.64. The summed E-state index contributed by atoms with van der Waals surface area (Å²) in [5.74, 6) is 1.86. The summed E-state index contributed by atoms with van der Waals surface area (Å²) in [6.45, 7) is 7.75. The Hall–Kier alpha value is -1.93. The molecule has 0 N–H and O–H groups in total. The van der Waals surface area contributed by atoms with Crippen LogP contribution in [0.1, 0.15) is 159 Å². The van der Waals surface area contributed by atoms with Gasteiger partial charge in [-0.3, -0.25) is 0 Å². The van der Waals surface area contributed by atoms with E-state index in [0.717, 1.165) is 47.1 Å². The van der Waals surface area contributed by atoms with Crippen molar-refractivity contribution in [1.29, 1.82) is 0 Å². The molecular weight excluding hydrogens is 529 g/mol. The van der Waals surface area contributed by atoms with Gasteiger partial charge in [-0.05, 0) is 54.0 Å². The highest BCUT2D eigenvalue weighted by Gasteiger charge is 2.06. The van der Waals surface area contributed by atoms with E-state index in [1.807, 2.05) is 24.3 Å². The lowest BCUT2D eigenvalue weighted by atomic mass is 10.0. The molecule has 0 amide bonds. The van der Waals surface area contributed by atoms with E-state index in [-0.39, 0.29) is 0 Å². The number of thiocarbonyl (C=S) groups is 1. The van der Waals surface area contributed by atoms with E-state index in [1.54, 1.807) is 0 Å². The van der Waals surface area contributed by atoms with Gasteiger partial charge in [-0.25, -0.2) is 0 Å². The summed E-state index contributed by atoms with van der Waals surface area (Å²) in [7, 11) is 0. The molecule has 234 valence electrons. The molecule has 2 aromatic rings. The second-order valence-electron chi connectivity index (χ2n) is 12.7. The Morgan fingerprint density at radius 3 is 1.86 bits per heavy atom. The molecule has 0 bridgehead atoms. The Balaban J connectivity index is 1.70. The van der Waals surface area contributed by atoms with Gasteiger partial charge < -0.3 is 4.74 Å². The van der Waals surface area contributed by atoms with E-state index < -0.39 is 0 Å². The Bertz CT molecular complexity index is 961. The monoisotopic (exact) mass is 590 g/mol. The molecule has 0 heterocycles. The number of rotatable bonds is 26. The molecule has 0 aliphatic heterocycles. The van der Waals surface area contributed by atoms with Gasteiger partial charge in [-0.15, -0.1) is 0 Å². The van der Waals surface area contributed by atoms with Crippen LogP contribution in [0.4, 0.5) is 0 Å². The fraction of sp³-hybridized carbons (Fsp3) is 0.625. The van der Waals surface area contributed by atoms with Crippen LogP contribution in [0.2, 0.25) is 0 Å². The van der Waals surface area contributed by atoms with Crippen molar-refractivity contribution in [2.45, 2.75) is 149 Å². The third-order valence-electron chi connectivity index (χ3n) is 8.31. The van der Waals surface area contributed by atoms with Crippen LogP contribution in [0, 0.1) is 5.92 Å². The van der Waals surface area contributed by atoms with Gasteiger partial charge >= 0.3 is 0 Å². The number of hydrogen-bond donors (Lipinski definition) is 0. The van der Waals surface area contributed by atoms with E-state index >= 15 is 0 Å². The van der Waals surface area contributed by atoms with E-state index in [4.69, 9.17) is 17.0 Å². The summed E-state index contributed by atoms with van der Waals surface area (Å²) in [6.07, 6.45) is 31.3. The largest absolute Gasteiger partial charge is 0.493 e. The first-order chi connectivity index (χ1) is 20.6. The molecule has 0 unspecified atom stereocenters. The lowest BCUT2D eigenvalue weighted by molar-refractivity contribution is 0.301.